The molecule has 0 unspecified atom stereocenters. The molecule has 0 atom stereocenters. The summed E-state index contributed by atoms with van der Waals surface area (Å²) in [5.41, 5.74) is 6.56. The Morgan fingerprint density at radius 2 is 1.54 bits per heavy atom. The van der Waals surface area contributed by atoms with Gasteiger partial charge in [0.05, 0.1) is 5.69 Å². The topological polar surface area (TPSA) is 6.48 Å². The first kappa shape index (κ1) is 17.1. The van der Waals surface area contributed by atoms with Crippen molar-refractivity contribution in [2.45, 2.75) is 13.0 Å². The number of nitrogens with zero attached hydrogens (tertiary/aromatic N) is 2. The van der Waals surface area contributed by atoms with Crippen molar-refractivity contribution in [3.05, 3.63) is 90.0 Å². The summed E-state index contributed by atoms with van der Waals surface area (Å²) in [7, 11) is 0. The molecular formula is C23H23ClN2. The average molecular weight is 363 g/mol. The van der Waals surface area contributed by atoms with Crippen LogP contribution in [0, 0.1) is 0 Å². The molecule has 4 rings (SSSR count). The van der Waals surface area contributed by atoms with Gasteiger partial charge in [0, 0.05) is 38.0 Å². The quantitative estimate of drug-likeness (QED) is 0.563. The van der Waals surface area contributed by atoms with Gasteiger partial charge in [0.1, 0.15) is 0 Å². The van der Waals surface area contributed by atoms with Crippen LogP contribution in [0.5, 0.6) is 0 Å². The molecule has 3 heteroatoms. The lowest BCUT2D eigenvalue weighted by molar-refractivity contribution is 0.262. The monoisotopic (exact) mass is 362 g/mol. The van der Waals surface area contributed by atoms with E-state index in [4.69, 9.17) is 11.8 Å². The van der Waals surface area contributed by atoms with E-state index in [0.717, 1.165) is 38.3 Å². The van der Waals surface area contributed by atoms with E-state index < -0.39 is 0 Å². The molecule has 0 aliphatic carbocycles. The zero-order valence-corrected chi connectivity index (χ0v) is 15.6. The minimum Gasteiger partial charge on any atom is -0.297 e. The summed E-state index contributed by atoms with van der Waals surface area (Å²) < 4.78 is 1.82. The highest BCUT2D eigenvalue weighted by Gasteiger charge is 2.17. The molecule has 2 nitrogen and oxygen atoms in total. The summed E-state index contributed by atoms with van der Waals surface area (Å²) in [5.74, 6) is 0. The van der Waals surface area contributed by atoms with E-state index in [-0.39, 0.29) is 0 Å². The first-order valence-corrected chi connectivity index (χ1v) is 9.51. The molecule has 0 saturated heterocycles. The van der Waals surface area contributed by atoms with Crippen molar-refractivity contribution in [3.8, 4) is 11.1 Å². The number of halogens is 1. The zero-order chi connectivity index (χ0) is 17.8. The van der Waals surface area contributed by atoms with Gasteiger partial charge in [0.2, 0.25) is 0 Å². The normalized spacial score (nSPS) is 14.0. The summed E-state index contributed by atoms with van der Waals surface area (Å²) >= 11 is 6.44. The van der Waals surface area contributed by atoms with Crippen molar-refractivity contribution in [1.29, 1.82) is 0 Å². The molecule has 0 spiro atoms. The van der Waals surface area contributed by atoms with Crippen LogP contribution in [-0.2, 0) is 13.0 Å². The van der Waals surface area contributed by atoms with Gasteiger partial charge in [0.25, 0.3) is 0 Å². The second kappa shape index (κ2) is 7.94. The highest BCUT2D eigenvalue weighted by Crippen LogP contribution is 2.26. The molecule has 0 amide bonds. The molecule has 1 aliphatic rings. The number of anilines is 1. The van der Waals surface area contributed by atoms with E-state index in [1.54, 1.807) is 0 Å². The SMILES string of the molecule is ClN(CCN1CCc2ccc(-c3ccccc3)cc2C1)c1ccccc1. The van der Waals surface area contributed by atoms with Gasteiger partial charge < -0.3 is 0 Å². The Morgan fingerprint density at radius 3 is 2.31 bits per heavy atom. The van der Waals surface area contributed by atoms with E-state index in [1.807, 2.05) is 34.8 Å². The van der Waals surface area contributed by atoms with Crippen LogP contribution in [0.4, 0.5) is 5.69 Å². The second-order valence-electron chi connectivity index (χ2n) is 6.80. The Bertz CT molecular complexity index is 849. The molecule has 3 aromatic carbocycles. The van der Waals surface area contributed by atoms with E-state index in [9.17, 15) is 0 Å². The Morgan fingerprint density at radius 1 is 0.808 bits per heavy atom. The van der Waals surface area contributed by atoms with Gasteiger partial charge in [-0.1, -0.05) is 60.7 Å². The minimum absolute atomic E-state index is 0.819. The van der Waals surface area contributed by atoms with Gasteiger partial charge >= 0.3 is 0 Å². The molecular weight excluding hydrogens is 340 g/mol. The lowest BCUT2D eigenvalue weighted by atomic mass is 9.95. The van der Waals surface area contributed by atoms with Crippen LogP contribution in [0.25, 0.3) is 11.1 Å². The van der Waals surface area contributed by atoms with Gasteiger partial charge in [-0.2, -0.15) is 0 Å². The number of hydrogen-bond acceptors (Lipinski definition) is 2. The van der Waals surface area contributed by atoms with Gasteiger partial charge in [-0.15, -0.1) is 0 Å². The van der Waals surface area contributed by atoms with Crippen molar-refractivity contribution in [2.24, 2.45) is 0 Å². The number of rotatable bonds is 5. The predicted octanol–water partition coefficient (Wildman–Crippen LogP) is 5.37. The van der Waals surface area contributed by atoms with Crippen LogP contribution >= 0.6 is 11.8 Å². The largest absolute Gasteiger partial charge is 0.297 e. The van der Waals surface area contributed by atoms with Crippen molar-refractivity contribution in [3.63, 3.8) is 0 Å². The molecule has 132 valence electrons. The van der Waals surface area contributed by atoms with Gasteiger partial charge in [-0.3, -0.25) is 9.32 Å². The van der Waals surface area contributed by atoms with Gasteiger partial charge in [0.15, 0.2) is 0 Å². The van der Waals surface area contributed by atoms with Crippen molar-refractivity contribution in [1.82, 2.24) is 4.90 Å². The molecule has 3 aromatic rings. The van der Waals surface area contributed by atoms with E-state index >= 15 is 0 Å². The molecule has 1 aliphatic heterocycles. The first-order valence-electron chi connectivity index (χ1n) is 9.17. The highest BCUT2D eigenvalue weighted by molar-refractivity contribution is 6.25. The molecule has 1 heterocycles. The molecule has 26 heavy (non-hydrogen) atoms. The Hall–Kier alpha value is -2.29. The van der Waals surface area contributed by atoms with Crippen LogP contribution in [0.15, 0.2) is 78.9 Å². The van der Waals surface area contributed by atoms with Crippen molar-refractivity contribution in [2.75, 3.05) is 24.1 Å². The maximum absolute atomic E-state index is 6.44. The van der Waals surface area contributed by atoms with Crippen LogP contribution < -0.4 is 4.42 Å². The predicted molar refractivity (Wildman–Crippen MR) is 111 cm³/mol. The first-order chi connectivity index (χ1) is 12.8. The number of benzene rings is 3. The minimum atomic E-state index is 0.819. The average Bonchev–Trinajstić information content (AvgIpc) is 2.72. The summed E-state index contributed by atoms with van der Waals surface area (Å²) in [6.07, 6.45) is 1.11. The fourth-order valence-corrected chi connectivity index (χ4v) is 3.75. The van der Waals surface area contributed by atoms with Gasteiger partial charge in [-0.05, 0) is 46.9 Å². The standard InChI is InChI=1S/C23H23ClN2/c24-26(23-9-5-2-6-10-23)16-15-25-14-13-20-11-12-21(17-22(20)18-25)19-7-3-1-4-8-19/h1-12,17H,13-16,18H2. The fraction of sp³-hybridized carbons (Fsp3) is 0.217. The maximum Gasteiger partial charge on any atom is 0.0523 e. The van der Waals surface area contributed by atoms with Crippen LogP contribution in [0.1, 0.15) is 11.1 Å². The molecule has 0 N–H and O–H groups in total. The third-order valence-corrected chi connectivity index (χ3v) is 5.42. The van der Waals surface area contributed by atoms with Crippen molar-refractivity contribution < 1.29 is 0 Å². The second-order valence-corrected chi connectivity index (χ2v) is 7.21. The number of fused-ring (bicyclic) bond motifs is 1. The van der Waals surface area contributed by atoms with Crippen molar-refractivity contribution >= 4 is 17.5 Å². The lowest BCUT2D eigenvalue weighted by Gasteiger charge is -2.30. The van der Waals surface area contributed by atoms with Crippen LogP contribution in [0.3, 0.4) is 0 Å². The summed E-state index contributed by atoms with van der Waals surface area (Å²) in [6, 6.07) is 27.7. The molecule has 0 fully saturated rings. The van der Waals surface area contributed by atoms with E-state index in [2.05, 4.69) is 53.4 Å². The summed E-state index contributed by atoms with van der Waals surface area (Å²) in [6.45, 7) is 3.87. The summed E-state index contributed by atoms with van der Waals surface area (Å²) in [4.78, 5) is 2.50. The zero-order valence-electron chi connectivity index (χ0n) is 14.8. The molecule has 0 radical (unpaired) electrons. The Labute approximate surface area is 160 Å². The maximum atomic E-state index is 6.44. The van der Waals surface area contributed by atoms with Gasteiger partial charge in [-0.25, -0.2) is 0 Å². The number of para-hydroxylation sites is 1. The smallest absolute Gasteiger partial charge is 0.0523 e. The molecule has 0 bridgehead atoms. The van der Waals surface area contributed by atoms with E-state index in [0.29, 0.717) is 0 Å². The summed E-state index contributed by atoms with van der Waals surface area (Å²) in [5, 5.41) is 0. The van der Waals surface area contributed by atoms with Crippen LogP contribution in [0.2, 0.25) is 0 Å². The number of hydrogen-bond donors (Lipinski definition) is 0. The Balaban J connectivity index is 1.42. The highest BCUT2D eigenvalue weighted by atomic mass is 35.5. The third kappa shape index (κ3) is 3.92. The lowest BCUT2D eigenvalue weighted by Crippen LogP contribution is -2.35. The Kier molecular flexibility index (Phi) is 5.24. The molecule has 0 saturated carbocycles. The van der Waals surface area contributed by atoms with Crippen LogP contribution in [-0.4, -0.2) is 24.5 Å². The van der Waals surface area contributed by atoms with E-state index in [1.165, 1.54) is 22.3 Å². The third-order valence-electron chi connectivity index (χ3n) is 5.05. The molecule has 0 aromatic heterocycles. The fourth-order valence-electron chi connectivity index (χ4n) is 3.56.